The summed E-state index contributed by atoms with van der Waals surface area (Å²) < 4.78 is 17.0. The van der Waals surface area contributed by atoms with E-state index in [1.807, 2.05) is 47.0 Å². The van der Waals surface area contributed by atoms with Gasteiger partial charge in [-0.15, -0.1) is 23.5 Å². The molecule has 0 spiro atoms. The average Bonchev–Trinajstić information content (AvgIpc) is 3.51. The molecule has 0 radical (unpaired) electrons. The van der Waals surface area contributed by atoms with E-state index >= 15 is 0 Å². The summed E-state index contributed by atoms with van der Waals surface area (Å²) in [5.74, 6) is 2.47. The van der Waals surface area contributed by atoms with Crippen LogP contribution in [-0.2, 0) is 9.47 Å². The van der Waals surface area contributed by atoms with Crippen LogP contribution in [0.4, 0.5) is 0 Å². The predicted octanol–water partition coefficient (Wildman–Crippen LogP) is 4.94. The average molecular weight is 557 g/mol. The Labute approximate surface area is 221 Å². The molecule has 0 saturated carbocycles. The smallest absolute Gasteiger partial charge is 0.208 e. The zero-order valence-corrected chi connectivity index (χ0v) is 22.1. The molecule has 1 aromatic rings. The van der Waals surface area contributed by atoms with Gasteiger partial charge >= 0.3 is 0 Å². The fourth-order valence-electron chi connectivity index (χ4n) is 2.71. The lowest BCUT2D eigenvalue weighted by molar-refractivity contribution is 0.0949. The summed E-state index contributed by atoms with van der Waals surface area (Å²) in [7, 11) is 0. The van der Waals surface area contributed by atoms with Gasteiger partial charge in [0.15, 0.2) is 0 Å². The first-order valence-electron chi connectivity index (χ1n) is 9.57. The molecule has 4 aliphatic heterocycles. The first-order chi connectivity index (χ1) is 16.7. The zero-order valence-electron chi connectivity index (χ0n) is 17.2. The van der Waals surface area contributed by atoms with Crippen molar-refractivity contribution in [2.24, 2.45) is 0 Å². The highest BCUT2D eigenvalue weighted by molar-refractivity contribution is 8.43. The van der Waals surface area contributed by atoms with Crippen LogP contribution in [0.3, 0.4) is 0 Å². The summed E-state index contributed by atoms with van der Waals surface area (Å²) in [5, 5.41) is 37.4. The molecule has 0 N–H and O–H groups in total. The lowest BCUT2D eigenvalue weighted by Crippen LogP contribution is -2.11. The fraction of sp³-hybridized carbons (Fsp3) is 0.182. The molecule has 0 aromatic heterocycles. The van der Waals surface area contributed by atoms with Crippen LogP contribution in [-0.4, -0.2) is 24.7 Å². The van der Waals surface area contributed by atoms with Gasteiger partial charge in [-0.05, 0) is 23.5 Å². The van der Waals surface area contributed by atoms with Crippen LogP contribution in [0, 0.1) is 45.3 Å². The molecule has 12 heteroatoms. The maximum atomic E-state index is 8.63. The molecule has 0 amide bonds. The van der Waals surface area contributed by atoms with Gasteiger partial charge in [0.2, 0.25) is 10.2 Å². The normalized spacial score (nSPS) is 18.0. The van der Waals surface area contributed by atoms with Gasteiger partial charge in [0, 0.05) is 21.9 Å². The summed E-state index contributed by atoms with van der Waals surface area (Å²) in [6, 6.07) is 13.2. The highest BCUT2D eigenvalue weighted by Crippen LogP contribution is 2.65. The van der Waals surface area contributed by atoms with E-state index in [-0.39, 0.29) is 11.1 Å². The molecule has 6 nitrogen and oxygen atoms in total. The molecule has 1 aromatic carbocycles. The Balaban J connectivity index is 0.000000163. The van der Waals surface area contributed by atoms with Crippen molar-refractivity contribution in [3.63, 3.8) is 0 Å². The van der Waals surface area contributed by atoms with E-state index < -0.39 is 0 Å². The summed E-state index contributed by atoms with van der Waals surface area (Å²) in [6.07, 6.45) is 0. The topological polar surface area (TPSA) is 114 Å². The summed E-state index contributed by atoms with van der Waals surface area (Å²) in [5.41, 5.74) is 0.00373. The number of nitriles is 4. The lowest BCUT2D eigenvalue weighted by Gasteiger charge is -2.13. The molecule has 168 valence electrons. The van der Waals surface area contributed by atoms with Gasteiger partial charge in [-0.25, -0.2) is 0 Å². The Morgan fingerprint density at radius 2 is 0.971 bits per heavy atom. The zero-order chi connectivity index (χ0) is 23.9. The Morgan fingerprint density at radius 1 is 0.588 bits per heavy atom. The number of thioether (sulfide) groups is 6. The molecule has 34 heavy (non-hydrogen) atoms. The van der Waals surface area contributed by atoms with Crippen molar-refractivity contribution in [2.45, 2.75) is 0 Å². The Kier molecular flexibility index (Phi) is 8.80. The maximum Gasteiger partial charge on any atom is 0.208 e. The molecular formula is C22H12N4O2S6. The third-order valence-corrected chi connectivity index (χ3v) is 12.9. The molecule has 0 aliphatic carbocycles. The highest BCUT2D eigenvalue weighted by Gasteiger charge is 2.34. The summed E-state index contributed by atoms with van der Waals surface area (Å²) in [4.78, 5) is 0. The quantitative estimate of drug-likeness (QED) is 0.431. The van der Waals surface area contributed by atoms with Crippen LogP contribution < -0.4 is 10.4 Å². The first-order valence-corrected chi connectivity index (χ1v) is 14.8. The molecule has 4 heterocycles. The molecule has 0 unspecified atom stereocenters. The van der Waals surface area contributed by atoms with E-state index in [1.54, 1.807) is 47.8 Å². The Morgan fingerprint density at radius 3 is 1.35 bits per heavy atom. The predicted molar refractivity (Wildman–Crippen MR) is 143 cm³/mol. The molecule has 0 saturated heterocycles. The lowest BCUT2D eigenvalue weighted by atomic mass is 10.1. The number of benzene rings is 1. The second-order valence-corrected chi connectivity index (χ2v) is 13.6. The monoisotopic (exact) mass is 556 g/mol. The second kappa shape index (κ2) is 12.0. The van der Waals surface area contributed by atoms with Gasteiger partial charge in [-0.3, -0.25) is 0 Å². The van der Waals surface area contributed by atoms with Gasteiger partial charge in [0.25, 0.3) is 0 Å². The van der Waals surface area contributed by atoms with Crippen LogP contribution in [0.15, 0.2) is 51.4 Å². The minimum atomic E-state index is 0.00187. The second-order valence-electron chi connectivity index (χ2n) is 6.30. The fourth-order valence-corrected chi connectivity index (χ4v) is 11.3. The van der Waals surface area contributed by atoms with E-state index in [2.05, 4.69) is 0 Å². The van der Waals surface area contributed by atoms with E-state index in [4.69, 9.17) is 30.5 Å². The van der Waals surface area contributed by atoms with Crippen LogP contribution in [0.1, 0.15) is 0 Å². The van der Waals surface area contributed by atoms with Gasteiger partial charge in [-0.1, -0.05) is 47.8 Å². The molecular weight excluding hydrogens is 545 g/mol. The molecule has 0 bridgehead atoms. The minimum absolute atomic E-state index is 0.00187. The van der Waals surface area contributed by atoms with Crippen molar-refractivity contribution in [1.29, 1.82) is 21.0 Å². The van der Waals surface area contributed by atoms with Gasteiger partial charge in [-0.2, -0.15) is 21.0 Å². The summed E-state index contributed by atoms with van der Waals surface area (Å²) >= 11 is 11.3. The minimum Gasteiger partial charge on any atom is -0.480 e. The number of ether oxygens (including phenoxy) is 2. The van der Waals surface area contributed by atoms with Crippen molar-refractivity contribution in [2.75, 3.05) is 24.7 Å². The number of rotatable bonds is 0. The third-order valence-electron chi connectivity index (χ3n) is 4.25. The van der Waals surface area contributed by atoms with E-state index in [1.165, 1.54) is 52.7 Å². The molecule has 0 atom stereocenters. The number of nitrogens with zero attached hydrogens (tertiary/aromatic N) is 4. The highest BCUT2D eigenvalue weighted by atomic mass is 32.3. The van der Waals surface area contributed by atoms with E-state index in [9.17, 15) is 0 Å². The van der Waals surface area contributed by atoms with Crippen molar-refractivity contribution in [3.05, 3.63) is 61.8 Å². The van der Waals surface area contributed by atoms with Gasteiger partial charge < -0.3 is 9.47 Å². The van der Waals surface area contributed by atoms with Crippen LogP contribution in [0.2, 0.25) is 0 Å². The Bertz CT molecular complexity index is 1220. The molecule has 0 fully saturated rings. The Hall–Kier alpha value is -2.16. The molecule has 5 rings (SSSR count). The van der Waals surface area contributed by atoms with Crippen molar-refractivity contribution >= 4 is 81.7 Å². The maximum absolute atomic E-state index is 8.63. The number of hydrogen-bond acceptors (Lipinski definition) is 12. The van der Waals surface area contributed by atoms with E-state index in [0.29, 0.717) is 23.7 Å². The largest absolute Gasteiger partial charge is 0.480 e. The number of hydrogen-bond donors (Lipinski definition) is 0. The van der Waals surface area contributed by atoms with Crippen molar-refractivity contribution in [1.82, 2.24) is 0 Å². The van der Waals surface area contributed by atoms with E-state index in [0.717, 1.165) is 10.2 Å². The van der Waals surface area contributed by atoms with Gasteiger partial charge in [0.1, 0.15) is 48.6 Å². The van der Waals surface area contributed by atoms with Crippen molar-refractivity contribution < 1.29 is 9.47 Å². The van der Waals surface area contributed by atoms with Crippen LogP contribution >= 0.6 is 70.6 Å². The van der Waals surface area contributed by atoms with Crippen molar-refractivity contribution in [3.8, 4) is 24.3 Å². The standard InChI is InChI=1S/C12H4N4.C10H8O2S6/c13-5-11(6-14)9-1-2-10(4-3-9)12(7-15)8-16;1-2-12-6-5(11-1)15-9(16-6)10-17-7-8(18-10)14-4-3-13-7/h1-4H;1-4H2. The SMILES string of the molecule is C1COC2=C(O1)SC(=C1SC3=C(SCCS3)S1)S2.N#CC(C#N)=c1ccc(=C(C#N)C#N)cc1. The van der Waals surface area contributed by atoms with Crippen LogP contribution in [0.5, 0.6) is 0 Å². The summed E-state index contributed by atoms with van der Waals surface area (Å²) in [6.45, 7) is 1.35. The molecule has 4 aliphatic rings. The van der Waals surface area contributed by atoms with Crippen LogP contribution in [0.25, 0.3) is 11.1 Å². The van der Waals surface area contributed by atoms with Gasteiger partial charge in [0.05, 0.1) is 16.9 Å². The third kappa shape index (κ3) is 5.73. The first kappa shape index (κ1) is 24.9.